The highest BCUT2D eigenvalue weighted by molar-refractivity contribution is 5.18. The molecule has 0 aromatic heterocycles. The lowest BCUT2D eigenvalue weighted by molar-refractivity contribution is -0.535. The molecule has 1 aliphatic rings. The first-order valence-corrected chi connectivity index (χ1v) is 7.07. The van der Waals surface area contributed by atoms with Crippen molar-refractivity contribution in [2.75, 3.05) is 0 Å². The minimum atomic E-state index is -0.807. The minimum absolute atomic E-state index is 0.149. The molecule has 1 aromatic rings. The number of rotatable bonds is 5. The summed E-state index contributed by atoms with van der Waals surface area (Å²) in [5.74, 6) is 0. The molecule has 0 bridgehead atoms. The standard InChI is InChI=1S/C15H21NO4/c1-11-7-6-10-14(19-11)20-15(12(2)16(17)18)13-8-4-3-5-9-13/h3-5,8-9,11-12,14-15H,6-7,10H2,1-2H3/t11-,12+,14+,15?/m0/s1. The number of nitro groups is 1. The zero-order valence-electron chi connectivity index (χ0n) is 11.9. The largest absolute Gasteiger partial charge is 0.350 e. The average Bonchev–Trinajstić information content (AvgIpc) is 2.45. The van der Waals surface area contributed by atoms with Gasteiger partial charge in [0.15, 0.2) is 12.4 Å². The predicted octanol–water partition coefficient (Wildman–Crippen LogP) is 3.32. The van der Waals surface area contributed by atoms with Crippen LogP contribution < -0.4 is 0 Å². The molecule has 2 rings (SSSR count). The molecule has 0 N–H and O–H groups in total. The highest BCUT2D eigenvalue weighted by Crippen LogP contribution is 2.29. The molecule has 1 heterocycles. The van der Waals surface area contributed by atoms with Gasteiger partial charge in [-0.15, -0.1) is 0 Å². The van der Waals surface area contributed by atoms with E-state index in [1.54, 1.807) is 6.92 Å². The summed E-state index contributed by atoms with van der Waals surface area (Å²) in [6.07, 6.45) is 2.04. The maximum absolute atomic E-state index is 11.1. The van der Waals surface area contributed by atoms with Crippen LogP contribution in [0.1, 0.15) is 44.8 Å². The van der Waals surface area contributed by atoms with E-state index in [1.165, 1.54) is 0 Å². The van der Waals surface area contributed by atoms with E-state index in [4.69, 9.17) is 9.47 Å². The van der Waals surface area contributed by atoms with Crippen LogP contribution in [0.2, 0.25) is 0 Å². The molecule has 5 nitrogen and oxygen atoms in total. The second kappa shape index (κ2) is 6.81. The Balaban J connectivity index is 2.12. The lowest BCUT2D eigenvalue weighted by atomic mass is 10.0. The molecule has 110 valence electrons. The lowest BCUT2D eigenvalue weighted by Crippen LogP contribution is -2.34. The van der Waals surface area contributed by atoms with E-state index in [2.05, 4.69) is 0 Å². The third-order valence-electron chi connectivity index (χ3n) is 3.63. The molecule has 4 atom stereocenters. The van der Waals surface area contributed by atoms with Crippen LogP contribution in [0.15, 0.2) is 30.3 Å². The second-order valence-corrected chi connectivity index (χ2v) is 5.30. The van der Waals surface area contributed by atoms with Gasteiger partial charge in [-0.3, -0.25) is 10.1 Å². The molecular formula is C15H21NO4. The van der Waals surface area contributed by atoms with E-state index in [1.807, 2.05) is 37.3 Å². The first-order chi connectivity index (χ1) is 9.58. The van der Waals surface area contributed by atoms with Crippen LogP contribution >= 0.6 is 0 Å². The van der Waals surface area contributed by atoms with E-state index >= 15 is 0 Å². The fourth-order valence-corrected chi connectivity index (χ4v) is 2.45. The lowest BCUT2D eigenvalue weighted by Gasteiger charge is -2.31. The van der Waals surface area contributed by atoms with E-state index in [-0.39, 0.29) is 17.3 Å². The van der Waals surface area contributed by atoms with Crippen LogP contribution in [-0.4, -0.2) is 23.4 Å². The monoisotopic (exact) mass is 279 g/mol. The molecule has 20 heavy (non-hydrogen) atoms. The summed E-state index contributed by atoms with van der Waals surface area (Å²) in [4.78, 5) is 10.8. The highest BCUT2D eigenvalue weighted by Gasteiger charge is 2.33. The highest BCUT2D eigenvalue weighted by atomic mass is 16.7. The summed E-state index contributed by atoms with van der Waals surface area (Å²) in [5, 5.41) is 11.1. The van der Waals surface area contributed by atoms with Gasteiger partial charge in [-0.1, -0.05) is 30.3 Å². The minimum Gasteiger partial charge on any atom is -0.350 e. The summed E-state index contributed by atoms with van der Waals surface area (Å²) in [6.45, 7) is 3.58. The zero-order valence-corrected chi connectivity index (χ0v) is 11.9. The predicted molar refractivity (Wildman–Crippen MR) is 74.9 cm³/mol. The zero-order chi connectivity index (χ0) is 14.5. The Labute approximate surface area is 119 Å². The van der Waals surface area contributed by atoms with Crippen molar-refractivity contribution >= 4 is 0 Å². The van der Waals surface area contributed by atoms with Gasteiger partial charge < -0.3 is 9.47 Å². The van der Waals surface area contributed by atoms with Gasteiger partial charge in [0.05, 0.1) is 6.10 Å². The summed E-state index contributed by atoms with van der Waals surface area (Å²) in [5.41, 5.74) is 0.818. The van der Waals surface area contributed by atoms with Crippen molar-refractivity contribution in [3.63, 3.8) is 0 Å². The van der Waals surface area contributed by atoms with Crippen molar-refractivity contribution in [1.29, 1.82) is 0 Å². The SMILES string of the molecule is C[C@H](C(O[C@@H]1CCC[C@H](C)O1)c1ccccc1)[N+](=O)[O-]. The Morgan fingerprint density at radius 3 is 2.65 bits per heavy atom. The molecule has 0 spiro atoms. The molecule has 5 heteroatoms. The molecule has 1 unspecified atom stereocenters. The third-order valence-corrected chi connectivity index (χ3v) is 3.63. The van der Waals surface area contributed by atoms with Crippen molar-refractivity contribution in [2.45, 2.75) is 57.6 Å². The van der Waals surface area contributed by atoms with Crippen LogP contribution in [0.4, 0.5) is 0 Å². The van der Waals surface area contributed by atoms with Gasteiger partial charge in [0.1, 0.15) is 0 Å². The summed E-state index contributed by atoms with van der Waals surface area (Å²) in [6, 6.07) is 8.52. The fraction of sp³-hybridized carbons (Fsp3) is 0.600. The molecule has 0 radical (unpaired) electrons. The molecule has 1 fully saturated rings. The summed E-state index contributed by atoms with van der Waals surface area (Å²) in [7, 11) is 0. The van der Waals surface area contributed by atoms with Crippen LogP contribution in [0.3, 0.4) is 0 Å². The van der Waals surface area contributed by atoms with E-state index < -0.39 is 12.1 Å². The molecule has 0 amide bonds. The number of ether oxygens (including phenoxy) is 2. The first-order valence-electron chi connectivity index (χ1n) is 7.07. The van der Waals surface area contributed by atoms with Gasteiger partial charge in [-0.05, 0) is 31.7 Å². The average molecular weight is 279 g/mol. The molecular weight excluding hydrogens is 258 g/mol. The molecule has 0 saturated carbocycles. The Morgan fingerprint density at radius 1 is 1.35 bits per heavy atom. The smallest absolute Gasteiger partial charge is 0.240 e. The Morgan fingerprint density at radius 2 is 2.05 bits per heavy atom. The van der Waals surface area contributed by atoms with E-state index in [0.717, 1.165) is 24.8 Å². The maximum atomic E-state index is 11.1. The van der Waals surface area contributed by atoms with Crippen LogP contribution in [0.5, 0.6) is 0 Å². The van der Waals surface area contributed by atoms with Gasteiger partial charge in [-0.2, -0.15) is 0 Å². The van der Waals surface area contributed by atoms with Crippen molar-refractivity contribution in [2.24, 2.45) is 0 Å². The topological polar surface area (TPSA) is 61.6 Å². The number of nitrogens with zero attached hydrogens (tertiary/aromatic N) is 1. The Hall–Kier alpha value is -1.46. The number of hydrogen-bond donors (Lipinski definition) is 0. The van der Waals surface area contributed by atoms with Crippen LogP contribution in [0, 0.1) is 10.1 Å². The third kappa shape index (κ3) is 3.77. The van der Waals surface area contributed by atoms with Crippen LogP contribution in [-0.2, 0) is 9.47 Å². The van der Waals surface area contributed by atoms with Crippen molar-refractivity contribution in [3.8, 4) is 0 Å². The number of benzene rings is 1. The van der Waals surface area contributed by atoms with Gasteiger partial charge in [0.25, 0.3) is 0 Å². The van der Waals surface area contributed by atoms with Gasteiger partial charge >= 0.3 is 0 Å². The summed E-state index contributed by atoms with van der Waals surface area (Å²) < 4.78 is 11.6. The van der Waals surface area contributed by atoms with E-state index in [9.17, 15) is 10.1 Å². The number of hydrogen-bond acceptors (Lipinski definition) is 4. The van der Waals surface area contributed by atoms with Crippen molar-refractivity contribution in [1.82, 2.24) is 0 Å². The van der Waals surface area contributed by atoms with Crippen molar-refractivity contribution in [3.05, 3.63) is 46.0 Å². The van der Waals surface area contributed by atoms with Gasteiger partial charge in [0.2, 0.25) is 6.04 Å². The second-order valence-electron chi connectivity index (χ2n) is 5.30. The molecule has 1 aromatic carbocycles. The normalized spacial score (nSPS) is 25.9. The van der Waals surface area contributed by atoms with E-state index in [0.29, 0.717) is 0 Å². The quantitative estimate of drug-likeness (QED) is 0.612. The fourth-order valence-electron chi connectivity index (χ4n) is 2.45. The Bertz CT molecular complexity index is 437. The molecule has 1 aliphatic heterocycles. The van der Waals surface area contributed by atoms with Crippen LogP contribution in [0.25, 0.3) is 0 Å². The molecule has 0 aliphatic carbocycles. The molecule has 1 saturated heterocycles. The van der Waals surface area contributed by atoms with Gasteiger partial charge in [-0.25, -0.2) is 0 Å². The first kappa shape index (κ1) is 14.9. The summed E-state index contributed by atoms with van der Waals surface area (Å²) >= 11 is 0. The van der Waals surface area contributed by atoms with Gasteiger partial charge in [0, 0.05) is 11.8 Å². The Kier molecular flexibility index (Phi) is 5.09. The maximum Gasteiger partial charge on any atom is 0.240 e. The van der Waals surface area contributed by atoms with Crippen molar-refractivity contribution < 1.29 is 14.4 Å².